The molecule has 4 rings (SSSR count). The molecular formula is C26H30N6O2. The number of hydrogen-bond acceptors (Lipinski definition) is 8. The van der Waals surface area contributed by atoms with E-state index in [-0.39, 0.29) is 5.60 Å². The molecule has 2 aromatic heterocycles. The van der Waals surface area contributed by atoms with Gasteiger partial charge in [-0.3, -0.25) is 10.3 Å². The predicted molar refractivity (Wildman–Crippen MR) is 135 cm³/mol. The lowest BCUT2D eigenvalue weighted by Gasteiger charge is -2.19. The zero-order chi connectivity index (χ0) is 24.0. The highest BCUT2D eigenvalue weighted by Crippen LogP contribution is 2.30. The Hall–Kier alpha value is -3.75. The third-order valence-corrected chi connectivity index (χ3v) is 5.01. The van der Waals surface area contributed by atoms with Crippen LogP contribution in [0, 0.1) is 0 Å². The smallest absolute Gasteiger partial charge is 0.150 e. The van der Waals surface area contributed by atoms with Gasteiger partial charge in [-0.2, -0.15) is 0 Å². The summed E-state index contributed by atoms with van der Waals surface area (Å²) in [6, 6.07) is 15.6. The van der Waals surface area contributed by atoms with E-state index in [9.17, 15) is 0 Å². The fourth-order valence-electron chi connectivity index (χ4n) is 3.30. The van der Waals surface area contributed by atoms with E-state index in [1.807, 2.05) is 69.3 Å². The normalized spacial score (nSPS) is 11.5. The van der Waals surface area contributed by atoms with Gasteiger partial charge in [0.2, 0.25) is 0 Å². The average Bonchev–Trinajstić information content (AvgIpc) is 2.82. The number of nitrogens with two attached hydrogens (primary N) is 1. The molecule has 0 aliphatic heterocycles. The molecule has 0 saturated heterocycles. The molecule has 0 spiro atoms. The van der Waals surface area contributed by atoms with Crippen LogP contribution >= 0.6 is 0 Å². The topological polar surface area (TPSA) is 107 Å². The number of benzene rings is 2. The van der Waals surface area contributed by atoms with Gasteiger partial charge in [0.15, 0.2) is 0 Å². The number of rotatable bonds is 9. The molecule has 0 aliphatic carbocycles. The van der Waals surface area contributed by atoms with Crippen molar-refractivity contribution in [1.82, 2.24) is 20.3 Å². The number of pyridine rings is 1. The summed E-state index contributed by atoms with van der Waals surface area (Å²) in [5, 5.41) is 8.36. The van der Waals surface area contributed by atoms with Crippen LogP contribution in [-0.4, -0.2) is 27.3 Å². The molecular weight excluding hydrogens is 428 g/mol. The summed E-state index contributed by atoms with van der Waals surface area (Å²) < 4.78 is 11.7. The second-order valence-electron chi connectivity index (χ2n) is 8.88. The number of nitrogens with one attached hydrogen (secondary N) is 2. The van der Waals surface area contributed by atoms with Crippen molar-refractivity contribution in [1.29, 1.82) is 0 Å². The fraction of sp³-hybridized carbons (Fsp3) is 0.269. The van der Waals surface area contributed by atoms with E-state index in [0.717, 1.165) is 33.5 Å². The SMILES string of the molecule is CC(C)(C)OCNCc1cnc(Nc2cc(COc3ccc(N)c4ccccc34)ccn2)cn1. The van der Waals surface area contributed by atoms with E-state index in [1.165, 1.54) is 0 Å². The maximum absolute atomic E-state index is 6.09. The summed E-state index contributed by atoms with van der Waals surface area (Å²) in [5.74, 6) is 2.07. The summed E-state index contributed by atoms with van der Waals surface area (Å²) in [6.45, 7) is 7.49. The van der Waals surface area contributed by atoms with E-state index in [2.05, 4.69) is 25.6 Å². The first kappa shape index (κ1) is 23.4. The van der Waals surface area contributed by atoms with Gasteiger partial charge in [-0.1, -0.05) is 24.3 Å². The van der Waals surface area contributed by atoms with Crippen molar-refractivity contribution in [2.24, 2.45) is 0 Å². The second kappa shape index (κ2) is 10.5. The van der Waals surface area contributed by atoms with E-state index < -0.39 is 0 Å². The second-order valence-corrected chi connectivity index (χ2v) is 8.88. The van der Waals surface area contributed by atoms with Crippen LogP contribution in [0.1, 0.15) is 32.0 Å². The molecule has 2 aromatic carbocycles. The maximum atomic E-state index is 6.09. The van der Waals surface area contributed by atoms with Crippen LogP contribution in [0.25, 0.3) is 10.8 Å². The number of hydrogen-bond donors (Lipinski definition) is 3. The Bertz CT molecular complexity index is 1240. The lowest BCUT2D eigenvalue weighted by Crippen LogP contribution is -2.27. The zero-order valence-corrected chi connectivity index (χ0v) is 19.7. The fourth-order valence-corrected chi connectivity index (χ4v) is 3.30. The molecule has 8 heteroatoms. The van der Waals surface area contributed by atoms with Crippen LogP contribution < -0.4 is 21.1 Å². The largest absolute Gasteiger partial charge is 0.488 e. The highest BCUT2D eigenvalue weighted by atomic mass is 16.5. The first-order valence-electron chi connectivity index (χ1n) is 11.1. The summed E-state index contributed by atoms with van der Waals surface area (Å²) in [7, 11) is 0. The standard InChI is InChI=1S/C26H30N6O2/c1-26(2,3)34-17-28-13-19-14-31-25(15-30-19)32-24-12-18(10-11-29-24)16-33-23-9-8-22(27)20-6-4-5-7-21(20)23/h4-12,14-15,28H,13,16-17,27H2,1-3H3,(H,29,31,32). The zero-order valence-electron chi connectivity index (χ0n) is 19.7. The number of ether oxygens (including phenoxy) is 2. The van der Waals surface area contributed by atoms with Crippen LogP contribution in [-0.2, 0) is 17.9 Å². The Morgan fingerprint density at radius 3 is 2.50 bits per heavy atom. The number of aromatic nitrogens is 3. The Labute approximate surface area is 199 Å². The van der Waals surface area contributed by atoms with Gasteiger partial charge in [0.25, 0.3) is 0 Å². The minimum Gasteiger partial charge on any atom is -0.488 e. The quantitative estimate of drug-likeness (QED) is 0.187. The van der Waals surface area contributed by atoms with Gasteiger partial charge in [-0.05, 0) is 50.6 Å². The van der Waals surface area contributed by atoms with Crippen LogP contribution in [0.4, 0.5) is 17.3 Å². The van der Waals surface area contributed by atoms with Crippen LogP contribution in [0.15, 0.2) is 67.1 Å². The number of nitrogen functional groups attached to an aromatic ring is 1. The van der Waals surface area contributed by atoms with Crippen molar-refractivity contribution in [2.75, 3.05) is 17.8 Å². The molecule has 4 N–H and O–H groups in total. The maximum Gasteiger partial charge on any atom is 0.150 e. The Morgan fingerprint density at radius 2 is 1.74 bits per heavy atom. The molecule has 0 bridgehead atoms. The molecule has 0 aliphatic rings. The third-order valence-electron chi connectivity index (χ3n) is 5.01. The number of nitrogens with zero attached hydrogens (tertiary/aromatic N) is 3. The molecule has 2 heterocycles. The molecule has 0 saturated carbocycles. The number of anilines is 3. The third kappa shape index (κ3) is 6.40. The average molecular weight is 459 g/mol. The van der Waals surface area contributed by atoms with Gasteiger partial charge in [-0.15, -0.1) is 0 Å². The predicted octanol–water partition coefficient (Wildman–Crippen LogP) is 4.79. The molecule has 0 radical (unpaired) electrons. The summed E-state index contributed by atoms with van der Waals surface area (Å²) >= 11 is 0. The van der Waals surface area contributed by atoms with Gasteiger partial charge in [0.1, 0.15) is 24.0 Å². The van der Waals surface area contributed by atoms with Crippen LogP contribution in [0.3, 0.4) is 0 Å². The summed E-state index contributed by atoms with van der Waals surface area (Å²) in [4.78, 5) is 13.2. The minimum absolute atomic E-state index is 0.179. The molecule has 4 aromatic rings. The highest BCUT2D eigenvalue weighted by Gasteiger charge is 2.09. The lowest BCUT2D eigenvalue weighted by molar-refractivity contribution is -0.0139. The Balaban J connectivity index is 1.34. The Kier molecular flexibility index (Phi) is 7.20. The van der Waals surface area contributed by atoms with E-state index in [4.69, 9.17) is 15.2 Å². The minimum atomic E-state index is -0.179. The van der Waals surface area contributed by atoms with Crippen molar-refractivity contribution in [3.8, 4) is 5.75 Å². The number of fused-ring (bicyclic) bond motifs is 1. The van der Waals surface area contributed by atoms with Gasteiger partial charge in [-0.25, -0.2) is 9.97 Å². The van der Waals surface area contributed by atoms with Crippen molar-refractivity contribution in [3.05, 3.63) is 78.4 Å². The van der Waals surface area contributed by atoms with Gasteiger partial charge in [0.05, 0.1) is 30.4 Å². The van der Waals surface area contributed by atoms with E-state index >= 15 is 0 Å². The molecule has 34 heavy (non-hydrogen) atoms. The molecule has 176 valence electrons. The molecule has 0 atom stereocenters. The Morgan fingerprint density at radius 1 is 0.912 bits per heavy atom. The highest BCUT2D eigenvalue weighted by molar-refractivity contribution is 5.96. The van der Waals surface area contributed by atoms with Crippen LogP contribution in [0.5, 0.6) is 5.75 Å². The summed E-state index contributed by atoms with van der Waals surface area (Å²) in [5.41, 5.74) is 8.45. The van der Waals surface area contributed by atoms with E-state index in [0.29, 0.717) is 31.5 Å². The molecule has 0 amide bonds. The van der Waals surface area contributed by atoms with Gasteiger partial charge < -0.3 is 20.5 Å². The first-order valence-corrected chi connectivity index (χ1v) is 11.1. The molecule has 0 unspecified atom stereocenters. The van der Waals surface area contributed by atoms with Crippen molar-refractivity contribution >= 4 is 28.1 Å². The van der Waals surface area contributed by atoms with Gasteiger partial charge >= 0.3 is 0 Å². The monoisotopic (exact) mass is 458 g/mol. The first-order chi connectivity index (χ1) is 16.4. The lowest BCUT2D eigenvalue weighted by atomic mass is 10.1. The van der Waals surface area contributed by atoms with Crippen molar-refractivity contribution in [3.63, 3.8) is 0 Å². The van der Waals surface area contributed by atoms with E-state index in [1.54, 1.807) is 18.6 Å². The van der Waals surface area contributed by atoms with Crippen molar-refractivity contribution < 1.29 is 9.47 Å². The molecule has 0 fully saturated rings. The summed E-state index contributed by atoms with van der Waals surface area (Å²) in [6.07, 6.45) is 5.15. The van der Waals surface area contributed by atoms with Crippen LogP contribution in [0.2, 0.25) is 0 Å². The molecule has 8 nitrogen and oxygen atoms in total. The van der Waals surface area contributed by atoms with Crippen molar-refractivity contribution in [2.45, 2.75) is 39.5 Å². The van der Waals surface area contributed by atoms with Gasteiger partial charge in [0, 0.05) is 29.2 Å².